The predicted molar refractivity (Wildman–Crippen MR) is 104 cm³/mol. The summed E-state index contributed by atoms with van der Waals surface area (Å²) in [4.78, 5) is 29.9. The van der Waals surface area contributed by atoms with Gasteiger partial charge in [0.25, 0.3) is 0 Å². The van der Waals surface area contributed by atoms with Crippen LogP contribution in [-0.2, 0) is 19.6 Å². The third-order valence-electron chi connectivity index (χ3n) is 6.26. The Kier molecular flexibility index (Phi) is 6.46. The van der Waals surface area contributed by atoms with E-state index in [-0.39, 0.29) is 29.8 Å². The van der Waals surface area contributed by atoms with E-state index >= 15 is 0 Å². The Hall–Kier alpha value is -1.15. The lowest BCUT2D eigenvalue weighted by Crippen LogP contribution is -2.43. The lowest BCUT2D eigenvalue weighted by atomic mass is 9.94. The molecule has 0 saturated carbocycles. The van der Waals surface area contributed by atoms with Crippen LogP contribution >= 0.6 is 0 Å². The molecule has 0 aromatic carbocycles. The van der Waals surface area contributed by atoms with E-state index in [1.54, 1.807) is 0 Å². The lowest BCUT2D eigenvalue weighted by Gasteiger charge is -2.29. The zero-order valence-electron chi connectivity index (χ0n) is 16.6. The van der Waals surface area contributed by atoms with Gasteiger partial charge in [0.15, 0.2) is 0 Å². The van der Waals surface area contributed by atoms with Gasteiger partial charge in [-0.05, 0) is 51.7 Å². The molecule has 8 heteroatoms. The molecule has 7 nitrogen and oxygen atoms in total. The molecule has 27 heavy (non-hydrogen) atoms. The first-order chi connectivity index (χ1) is 12.8. The molecule has 0 spiro atoms. The number of piperidine rings is 1. The minimum Gasteiger partial charge on any atom is -0.337 e. The molecule has 2 amide bonds. The van der Waals surface area contributed by atoms with Gasteiger partial charge in [0.1, 0.15) is 0 Å². The monoisotopic (exact) mass is 399 g/mol. The second kappa shape index (κ2) is 8.47. The van der Waals surface area contributed by atoms with Crippen LogP contribution in [0.1, 0.15) is 58.3 Å². The van der Waals surface area contributed by atoms with E-state index in [0.29, 0.717) is 25.8 Å². The Morgan fingerprint density at radius 2 is 1.85 bits per heavy atom. The van der Waals surface area contributed by atoms with Gasteiger partial charge in [0, 0.05) is 13.0 Å². The van der Waals surface area contributed by atoms with Crippen molar-refractivity contribution in [1.82, 2.24) is 14.1 Å². The Labute approximate surface area is 163 Å². The van der Waals surface area contributed by atoms with Crippen molar-refractivity contribution in [3.8, 4) is 0 Å². The first-order valence-electron chi connectivity index (χ1n) is 10.4. The van der Waals surface area contributed by atoms with Crippen LogP contribution in [0.3, 0.4) is 0 Å². The number of rotatable bonds is 7. The molecule has 0 aromatic heterocycles. The van der Waals surface area contributed by atoms with Crippen LogP contribution in [0.2, 0.25) is 0 Å². The summed E-state index contributed by atoms with van der Waals surface area (Å²) in [6.07, 6.45) is 8.17. The smallest absolute Gasteiger partial charge is 0.241 e. The summed E-state index contributed by atoms with van der Waals surface area (Å²) in [6, 6.07) is -0.662. The highest BCUT2D eigenvalue weighted by Crippen LogP contribution is 2.40. The minimum atomic E-state index is -3.60. The second-order valence-electron chi connectivity index (χ2n) is 8.23. The Bertz CT molecular complexity index is 660. The molecule has 0 unspecified atom stereocenters. The highest BCUT2D eigenvalue weighted by Gasteiger charge is 2.56. The van der Waals surface area contributed by atoms with Crippen molar-refractivity contribution >= 4 is 21.8 Å². The molecule has 0 aromatic rings. The fraction of sp³-hybridized carbons (Fsp3) is 0.895. The lowest BCUT2D eigenvalue weighted by molar-refractivity contribution is -0.134. The number of hydrogen-bond acceptors (Lipinski definition) is 5. The van der Waals surface area contributed by atoms with Crippen molar-refractivity contribution in [2.45, 2.75) is 70.4 Å². The number of amides is 2. The second-order valence-corrected chi connectivity index (χ2v) is 10.1. The fourth-order valence-electron chi connectivity index (χ4n) is 5.10. The summed E-state index contributed by atoms with van der Waals surface area (Å²) in [5.74, 6) is -0.632. The minimum absolute atomic E-state index is 0.0729. The van der Waals surface area contributed by atoms with Crippen LogP contribution in [0.15, 0.2) is 0 Å². The van der Waals surface area contributed by atoms with Gasteiger partial charge in [-0.25, -0.2) is 12.7 Å². The summed E-state index contributed by atoms with van der Waals surface area (Å²) in [7, 11) is -3.60. The van der Waals surface area contributed by atoms with Crippen molar-refractivity contribution in [1.29, 1.82) is 0 Å². The van der Waals surface area contributed by atoms with Crippen LogP contribution < -0.4 is 0 Å². The third kappa shape index (κ3) is 4.31. The van der Waals surface area contributed by atoms with Crippen LogP contribution in [0, 0.1) is 5.92 Å². The quantitative estimate of drug-likeness (QED) is 0.647. The van der Waals surface area contributed by atoms with Gasteiger partial charge in [-0.2, -0.15) is 0 Å². The zero-order chi connectivity index (χ0) is 19.6. The molecule has 3 rings (SSSR count). The van der Waals surface area contributed by atoms with Crippen molar-refractivity contribution < 1.29 is 18.0 Å². The van der Waals surface area contributed by atoms with Crippen molar-refractivity contribution in [3.63, 3.8) is 0 Å². The fourth-order valence-corrected chi connectivity index (χ4v) is 6.28. The van der Waals surface area contributed by atoms with Crippen LogP contribution in [0.25, 0.3) is 0 Å². The van der Waals surface area contributed by atoms with E-state index in [4.69, 9.17) is 0 Å². The van der Waals surface area contributed by atoms with Crippen molar-refractivity contribution in [2.24, 2.45) is 5.92 Å². The third-order valence-corrected chi connectivity index (χ3v) is 7.42. The van der Waals surface area contributed by atoms with Gasteiger partial charge in [0.2, 0.25) is 21.8 Å². The molecular formula is C19H33N3O4S. The topological polar surface area (TPSA) is 78.0 Å². The first kappa shape index (κ1) is 20.6. The van der Waals surface area contributed by atoms with Gasteiger partial charge in [-0.1, -0.05) is 19.8 Å². The number of sulfonamides is 1. The predicted octanol–water partition coefficient (Wildman–Crippen LogP) is 1.44. The van der Waals surface area contributed by atoms with E-state index in [2.05, 4.69) is 4.90 Å². The molecule has 3 fully saturated rings. The summed E-state index contributed by atoms with van der Waals surface area (Å²) in [5.41, 5.74) is 0. The van der Waals surface area contributed by atoms with Crippen molar-refractivity contribution in [3.05, 3.63) is 0 Å². The standard InChI is InChI=1S/C19H33N3O4S/c1-3-8-15-18-16(22(19(15)24)27(2,25)26)10-14-21(18)17(23)9-7-13-20-11-5-4-6-12-20/h15-16,18H,3-14H2,1-2H3/t15-,16+,18-/m1/s1. The average molecular weight is 400 g/mol. The zero-order valence-corrected chi connectivity index (χ0v) is 17.4. The molecule has 0 bridgehead atoms. The van der Waals surface area contributed by atoms with Gasteiger partial charge in [-0.15, -0.1) is 0 Å². The van der Waals surface area contributed by atoms with Gasteiger partial charge in [-0.3, -0.25) is 9.59 Å². The molecule has 3 saturated heterocycles. The highest BCUT2D eigenvalue weighted by molar-refractivity contribution is 7.88. The molecule has 3 aliphatic heterocycles. The Morgan fingerprint density at radius 1 is 1.15 bits per heavy atom. The number of carbonyl (C=O) groups excluding carboxylic acids is 2. The van der Waals surface area contributed by atoms with E-state index in [9.17, 15) is 18.0 Å². The first-order valence-corrected chi connectivity index (χ1v) is 12.2. The summed E-state index contributed by atoms with van der Waals surface area (Å²) < 4.78 is 25.4. The van der Waals surface area contributed by atoms with E-state index < -0.39 is 10.0 Å². The van der Waals surface area contributed by atoms with Crippen LogP contribution in [-0.4, -0.2) is 78.9 Å². The maximum atomic E-state index is 12.9. The highest BCUT2D eigenvalue weighted by atomic mass is 32.2. The van der Waals surface area contributed by atoms with Gasteiger partial charge in [0.05, 0.1) is 24.3 Å². The Balaban J connectivity index is 1.64. The summed E-state index contributed by atoms with van der Waals surface area (Å²) in [5, 5.41) is 0. The number of carbonyl (C=O) groups is 2. The molecule has 3 atom stereocenters. The number of hydrogen-bond donors (Lipinski definition) is 0. The van der Waals surface area contributed by atoms with E-state index in [0.717, 1.165) is 43.0 Å². The maximum Gasteiger partial charge on any atom is 0.241 e. The largest absolute Gasteiger partial charge is 0.337 e. The average Bonchev–Trinajstić information content (AvgIpc) is 3.14. The number of nitrogens with zero attached hydrogens (tertiary/aromatic N) is 3. The molecular weight excluding hydrogens is 366 g/mol. The molecule has 3 heterocycles. The van der Waals surface area contributed by atoms with Crippen molar-refractivity contribution in [2.75, 3.05) is 32.4 Å². The Morgan fingerprint density at radius 3 is 2.48 bits per heavy atom. The maximum absolute atomic E-state index is 12.9. The van der Waals surface area contributed by atoms with Gasteiger partial charge >= 0.3 is 0 Å². The summed E-state index contributed by atoms with van der Waals surface area (Å²) >= 11 is 0. The van der Waals surface area contributed by atoms with Crippen LogP contribution in [0.4, 0.5) is 0 Å². The van der Waals surface area contributed by atoms with Gasteiger partial charge < -0.3 is 9.80 Å². The summed E-state index contributed by atoms with van der Waals surface area (Å²) in [6.45, 7) is 5.74. The molecule has 3 aliphatic rings. The SMILES string of the molecule is CCC[C@H]1C(=O)N(S(C)(=O)=O)[C@H]2CCN(C(=O)CCCN3CCCCC3)[C@H]12. The molecule has 0 N–H and O–H groups in total. The van der Waals surface area contributed by atoms with E-state index in [1.165, 1.54) is 19.3 Å². The normalized spacial score (nSPS) is 29.4. The van der Waals surface area contributed by atoms with E-state index in [1.807, 2.05) is 11.8 Å². The number of likely N-dealkylation sites (tertiary alicyclic amines) is 2. The molecule has 0 radical (unpaired) electrons. The molecule has 154 valence electrons. The number of fused-ring (bicyclic) bond motifs is 1. The van der Waals surface area contributed by atoms with Crippen LogP contribution in [0.5, 0.6) is 0 Å². The molecule has 0 aliphatic carbocycles.